The fourth-order valence-electron chi connectivity index (χ4n) is 4.33. The second-order valence-electron chi connectivity index (χ2n) is 9.17. The van der Waals surface area contributed by atoms with Gasteiger partial charge in [-0.05, 0) is 52.7 Å². The van der Waals surface area contributed by atoms with Gasteiger partial charge in [0.15, 0.2) is 5.65 Å². The van der Waals surface area contributed by atoms with Crippen LogP contribution in [-0.2, 0) is 4.74 Å². The third kappa shape index (κ3) is 3.89. The van der Waals surface area contributed by atoms with Crippen molar-refractivity contribution in [2.24, 2.45) is 0 Å². The molecule has 2 aliphatic rings. The zero-order chi connectivity index (χ0) is 22.7. The molecule has 6 rings (SSSR count). The van der Waals surface area contributed by atoms with E-state index in [1.165, 1.54) is 17.7 Å². The average Bonchev–Trinajstić information content (AvgIpc) is 3.35. The maximum absolute atomic E-state index is 6.30. The van der Waals surface area contributed by atoms with Crippen LogP contribution in [0.4, 0.5) is 5.95 Å². The molecule has 5 heterocycles. The minimum absolute atomic E-state index is 0.0468. The molecule has 2 atom stereocenters. The van der Waals surface area contributed by atoms with Crippen LogP contribution in [0.5, 0.6) is 0 Å². The van der Waals surface area contributed by atoms with Gasteiger partial charge in [-0.3, -0.25) is 4.68 Å². The molecule has 0 aromatic carbocycles. The average molecular weight is 462 g/mol. The molecular weight excluding hydrogens is 434 g/mol. The summed E-state index contributed by atoms with van der Waals surface area (Å²) < 4.78 is 8.38. The molecule has 8 nitrogen and oxygen atoms in total. The Morgan fingerprint density at radius 2 is 1.82 bits per heavy atom. The first-order valence-electron chi connectivity index (χ1n) is 11.5. The molecule has 4 aromatic heterocycles. The Labute approximate surface area is 196 Å². The topological polar surface area (TPSA) is 81.9 Å². The van der Waals surface area contributed by atoms with Crippen LogP contribution in [0.3, 0.4) is 0 Å². The molecule has 1 saturated carbocycles. The summed E-state index contributed by atoms with van der Waals surface area (Å²) in [5, 5.41) is 4.56. The summed E-state index contributed by atoms with van der Waals surface area (Å²) in [7, 11) is 0. The molecule has 0 amide bonds. The first kappa shape index (κ1) is 20.7. The minimum atomic E-state index is -0.0705. The Bertz CT molecular complexity index is 1340. The number of nitrogens with zero attached hydrogens (tertiary/aromatic N) is 7. The minimum Gasteiger partial charge on any atom is -0.367 e. The summed E-state index contributed by atoms with van der Waals surface area (Å²) in [5.41, 5.74) is 5.15. The number of fused-ring (bicyclic) bond motifs is 1. The molecule has 1 aliphatic carbocycles. The highest BCUT2D eigenvalue weighted by Crippen LogP contribution is 2.36. The molecule has 170 valence electrons. The molecule has 0 bridgehead atoms. The van der Waals surface area contributed by atoms with Crippen LogP contribution in [0, 0.1) is 20.8 Å². The lowest BCUT2D eigenvalue weighted by atomic mass is 10.1. The van der Waals surface area contributed by atoms with Crippen molar-refractivity contribution in [3.8, 4) is 10.6 Å². The van der Waals surface area contributed by atoms with Gasteiger partial charge in [-0.25, -0.2) is 15.0 Å². The van der Waals surface area contributed by atoms with E-state index in [1.807, 2.05) is 20.0 Å². The number of rotatable bonds is 4. The van der Waals surface area contributed by atoms with Gasteiger partial charge in [-0.15, -0.1) is 11.3 Å². The molecule has 9 heteroatoms. The number of aryl methyl sites for hydroxylation is 3. The number of anilines is 1. The molecule has 1 aliphatic heterocycles. The number of hydrogen-bond acceptors (Lipinski definition) is 8. The second kappa shape index (κ2) is 7.85. The summed E-state index contributed by atoms with van der Waals surface area (Å²) in [4.78, 5) is 24.0. The molecule has 1 saturated heterocycles. The van der Waals surface area contributed by atoms with Gasteiger partial charge in [-0.2, -0.15) is 10.1 Å². The zero-order valence-electron chi connectivity index (χ0n) is 19.3. The Morgan fingerprint density at radius 1 is 1.00 bits per heavy atom. The van der Waals surface area contributed by atoms with Crippen LogP contribution < -0.4 is 4.90 Å². The highest BCUT2D eigenvalue weighted by molar-refractivity contribution is 7.15. The SMILES string of the molecule is Cc1ccc(-c2nc(N3CC(C)OC(c4cnn(C5CC5)c4)C3)nc3nc(C)c(C)nc23)s1. The third-order valence-electron chi connectivity index (χ3n) is 6.36. The summed E-state index contributed by atoms with van der Waals surface area (Å²) >= 11 is 1.72. The summed E-state index contributed by atoms with van der Waals surface area (Å²) in [6.45, 7) is 9.56. The second-order valence-corrected chi connectivity index (χ2v) is 10.5. The summed E-state index contributed by atoms with van der Waals surface area (Å²) in [6.07, 6.45) is 6.48. The molecule has 33 heavy (non-hydrogen) atoms. The lowest BCUT2D eigenvalue weighted by Gasteiger charge is -2.36. The van der Waals surface area contributed by atoms with Crippen molar-refractivity contribution in [2.45, 2.75) is 58.8 Å². The van der Waals surface area contributed by atoms with E-state index in [4.69, 9.17) is 24.7 Å². The smallest absolute Gasteiger partial charge is 0.228 e. The van der Waals surface area contributed by atoms with E-state index < -0.39 is 0 Å². The van der Waals surface area contributed by atoms with Gasteiger partial charge < -0.3 is 9.64 Å². The van der Waals surface area contributed by atoms with Gasteiger partial charge in [0.25, 0.3) is 0 Å². The predicted molar refractivity (Wildman–Crippen MR) is 129 cm³/mol. The van der Waals surface area contributed by atoms with E-state index in [-0.39, 0.29) is 12.2 Å². The number of thiophene rings is 1. The molecular formula is C24H27N7OS. The number of ether oxygens (including phenoxy) is 1. The lowest BCUT2D eigenvalue weighted by molar-refractivity contribution is -0.0178. The molecule has 0 radical (unpaired) electrons. The van der Waals surface area contributed by atoms with Crippen molar-refractivity contribution in [3.63, 3.8) is 0 Å². The predicted octanol–water partition coefficient (Wildman–Crippen LogP) is 4.57. The van der Waals surface area contributed by atoms with Gasteiger partial charge in [0.05, 0.1) is 41.2 Å². The van der Waals surface area contributed by atoms with E-state index in [9.17, 15) is 0 Å². The Kier molecular flexibility index (Phi) is 4.92. The Morgan fingerprint density at radius 3 is 2.58 bits per heavy atom. The van der Waals surface area contributed by atoms with E-state index in [1.54, 1.807) is 11.3 Å². The third-order valence-corrected chi connectivity index (χ3v) is 7.37. The molecule has 0 spiro atoms. The van der Waals surface area contributed by atoms with E-state index in [2.05, 4.69) is 46.9 Å². The largest absolute Gasteiger partial charge is 0.367 e. The lowest BCUT2D eigenvalue weighted by Crippen LogP contribution is -2.43. The van der Waals surface area contributed by atoms with Gasteiger partial charge in [0, 0.05) is 23.2 Å². The Hall–Kier alpha value is -2.91. The van der Waals surface area contributed by atoms with Crippen LogP contribution >= 0.6 is 11.3 Å². The first-order valence-corrected chi connectivity index (χ1v) is 12.3. The van der Waals surface area contributed by atoms with Gasteiger partial charge >= 0.3 is 0 Å². The number of hydrogen-bond donors (Lipinski definition) is 0. The van der Waals surface area contributed by atoms with Crippen LogP contribution in [0.25, 0.3) is 21.7 Å². The van der Waals surface area contributed by atoms with Crippen LogP contribution in [0.15, 0.2) is 24.5 Å². The zero-order valence-corrected chi connectivity index (χ0v) is 20.1. The first-order chi connectivity index (χ1) is 15.9. The quantitative estimate of drug-likeness (QED) is 0.440. The van der Waals surface area contributed by atoms with E-state index in [0.717, 1.165) is 39.6 Å². The van der Waals surface area contributed by atoms with Crippen LogP contribution in [0.2, 0.25) is 0 Å². The monoisotopic (exact) mass is 461 g/mol. The highest BCUT2D eigenvalue weighted by atomic mass is 32.1. The number of morpholine rings is 1. The fourth-order valence-corrected chi connectivity index (χ4v) is 5.19. The maximum Gasteiger partial charge on any atom is 0.228 e. The Balaban J connectivity index is 1.41. The molecule has 4 aromatic rings. The maximum atomic E-state index is 6.30. The molecule has 2 unspecified atom stereocenters. The van der Waals surface area contributed by atoms with Gasteiger partial charge in [0.1, 0.15) is 17.3 Å². The van der Waals surface area contributed by atoms with Crippen LogP contribution in [-0.4, -0.2) is 48.9 Å². The highest BCUT2D eigenvalue weighted by Gasteiger charge is 2.31. The molecule has 2 fully saturated rings. The molecule has 0 N–H and O–H groups in total. The summed E-state index contributed by atoms with van der Waals surface area (Å²) in [5.74, 6) is 0.677. The van der Waals surface area contributed by atoms with Crippen molar-refractivity contribution < 1.29 is 4.74 Å². The van der Waals surface area contributed by atoms with Crippen molar-refractivity contribution in [2.75, 3.05) is 18.0 Å². The number of aromatic nitrogens is 6. The fraction of sp³-hybridized carbons (Fsp3) is 0.458. The van der Waals surface area contributed by atoms with Gasteiger partial charge in [0.2, 0.25) is 5.95 Å². The van der Waals surface area contributed by atoms with E-state index in [0.29, 0.717) is 24.2 Å². The van der Waals surface area contributed by atoms with Crippen molar-refractivity contribution in [1.29, 1.82) is 0 Å². The van der Waals surface area contributed by atoms with E-state index >= 15 is 0 Å². The van der Waals surface area contributed by atoms with Gasteiger partial charge in [-0.1, -0.05) is 0 Å². The van der Waals surface area contributed by atoms with Crippen molar-refractivity contribution in [1.82, 2.24) is 29.7 Å². The van der Waals surface area contributed by atoms with Crippen LogP contribution in [0.1, 0.15) is 53.7 Å². The van der Waals surface area contributed by atoms with Crippen molar-refractivity contribution in [3.05, 3.63) is 46.4 Å². The standard InChI is InChI=1S/C24H27N7OS/c1-13-10-30(12-19(32-13)17-9-25-31(11-17)18-6-7-18)24-28-21(20-8-5-14(2)33-20)22-23(29-24)27-16(4)15(3)26-22/h5,8-9,11,13,18-19H,6-7,10,12H2,1-4H3. The van der Waals surface area contributed by atoms with Crippen molar-refractivity contribution >= 4 is 28.4 Å². The summed E-state index contributed by atoms with van der Waals surface area (Å²) in [6, 6.07) is 4.79. The normalized spacial score (nSPS) is 21.2.